The Balaban J connectivity index is 2.09. The first-order valence-electron chi connectivity index (χ1n) is 5.80. The van der Waals surface area contributed by atoms with Gasteiger partial charge in [-0.2, -0.15) is 5.10 Å². The molecule has 1 aliphatic rings. The summed E-state index contributed by atoms with van der Waals surface area (Å²) in [5, 5.41) is 13.0. The first-order chi connectivity index (χ1) is 8.06. The van der Waals surface area contributed by atoms with Crippen LogP contribution in [0.4, 0.5) is 0 Å². The predicted octanol–water partition coefficient (Wildman–Crippen LogP) is 0.0414. The van der Waals surface area contributed by atoms with Gasteiger partial charge < -0.3 is 10.8 Å². The van der Waals surface area contributed by atoms with E-state index in [-0.39, 0.29) is 11.7 Å². The van der Waals surface area contributed by atoms with Crippen LogP contribution in [0.3, 0.4) is 0 Å². The summed E-state index contributed by atoms with van der Waals surface area (Å²) in [6.45, 7) is 2.42. The molecule has 1 aromatic heterocycles. The van der Waals surface area contributed by atoms with Crippen LogP contribution >= 0.6 is 0 Å². The van der Waals surface area contributed by atoms with E-state index in [2.05, 4.69) is 10.00 Å². The van der Waals surface area contributed by atoms with Crippen LogP contribution in [0.15, 0.2) is 6.20 Å². The van der Waals surface area contributed by atoms with Crippen molar-refractivity contribution in [3.05, 3.63) is 17.5 Å². The molecule has 17 heavy (non-hydrogen) atoms. The quantitative estimate of drug-likeness (QED) is 0.776. The lowest BCUT2D eigenvalue weighted by molar-refractivity contribution is 0.0687. The second-order valence-corrected chi connectivity index (χ2v) is 4.62. The van der Waals surface area contributed by atoms with Gasteiger partial charge in [-0.05, 0) is 19.4 Å². The van der Waals surface area contributed by atoms with E-state index in [1.807, 2.05) is 0 Å². The number of hydrogen-bond acceptors (Lipinski definition) is 4. The molecule has 0 amide bonds. The van der Waals surface area contributed by atoms with Gasteiger partial charge in [-0.3, -0.25) is 9.58 Å². The molecular weight excluding hydrogens is 220 g/mol. The molecule has 1 aromatic rings. The molecule has 6 nitrogen and oxygen atoms in total. The Kier molecular flexibility index (Phi) is 3.44. The highest BCUT2D eigenvalue weighted by Gasteiger charge is 2.21. The van der Waals surface area contributed by atoms with Gasteiger partial charge in [-0.1, -0.05) is 0 Å². The molecule has 1 atom stereocenters. The zero-order chi connectivity index (χ0) is 12.4. The van der Waals surface area contributed by atoms with Crippen molar-refractivity contribution in [1.29, 1.82) is 0 Å². The van der Waals surface area contributed by atoms with Crippen molar-refractivity contribution in [2.75, 3.05) is 13.1 Å². The zero-order valence-electron chi connectivity index (χ0n) is 9.96. The van der Waals surface area contributed by atoms with Crippen LogP contribution in [0.5, 0.6) is 0 Å². The number of nitrogens with two attached hydrogens (primary N) is 1. The fourth-order valence-corrected chi connectivity index (χ4v) is 2.31. The van der Waals surface area contributed by atoms with Crippen molar-refractivity contribution in [3.63, 3.8) is 0 Å². The van der Waals surface area contributed by atoms with E-state index in [1.165, 1.54) is 0 Å². The fourth-order valence-electron chi connectivity index (χ4n) is 2.31. The summed E-state index contributed by atoms with van der Waals surface area (Å²) in [4.78, 5) is 13.2. The van der Waals surface area contributed by atoms with Gasteiger partial charge in [0.2, 0.25) is 0 Å². The van der Waals surface area contributed by atoms with Crippen molar-refractivity contribution >= 4 is 5.97 Å². The van der Waals surface area contributed by atoms with Crippen LogP contribution in [0, 0.1) is 0 Å². The molecule has 1 saturated heterocycles. The molecule has 0 radical (unpaired) electrons. The van der Waals surface area contributed by atoms with E-state index in [0.29, 0.717) is 6.54 Å². The van der Waals surface area contributed by atoms with E-state index in [9.17, 15) is 4.79 Å². The van der Waals surface area contributed by atoms with Gasteiger partial charge in [0, 0.05) is 37.9 Å². The average Bonchev–Trinajstić information content (AvgIpc) is 2.59. The highest BCUT2D eigenvalue weighted by Crippen LogP contribution is 2.14. The number of piperidine rings is 1. The lowest BCUT2D eigenvalue weighted by Crippen LogP contribution is -2.42. The summed E-state index contributed by atoms with van der Waals surface area (Å²) in [5.41, 5.74) is 6.81. The Morgan fingerprint density at radius 2 is 2.47 bits per heavy atom. The van der Waals surface area contributed by atoms with Crippen LogP contribution in [0.2, 0.25) is 0 Å². The number of aryl methyl sites for hydroxylation is 1. The summed E-state index contributed by atoms with van der Waals surface area (Å²) in [6.07, 6.45) is 3.89. The third-order valence-electron chi connectivity index (χ3n) is 3.04. The van der Waals surface area contributed by atoms with Crippen molar-refractivity contribution in [2.24, 2.45) is 12.8 Å². The number of rotatable bonds is 3. The van der Waals surface area contributed by atoms with Crippen molar-refractivity contribution in [3.8, 4) is 0 Å². The molecular formula is C11H18N4O2. The first kappa shape index (κ1) is 12.1. The summed E-state index contributed by atoms with van der Waals surface area (Å²) >= 11 is 0. The Bertz CT molecular complexity index is 416. The summed E-state index contributed by atoms with van der Waals surface area (Å²) in [5.74, 6) is -0.970. The normalized spacial score (nSPS) is 21.6. The zero-order valence-corrected chi connectivity index (χ0v) is 9.96. The maximum absolute atomic E-state index is 11.0. The van der Waals surface area contributed by atoms with Gasteiger partial charge in [-0.15, -0.1) is 0 Å². The van der Waals surface area contributed by atoms with E-state index in [4.69, 9.17) is 10.8 Å². The second-order valence-electron chi connectivity index (χ2n) is 4.62. The molecule has 2 rings (SSSR count). The van der Waals surface area contributed by atoms with Gasteiger partial charge in [0.05, 0.1) is 0 Å². The number of carboxylic acid groups (broad SMARTS) is 1. The van der Waals surface area contributed by atoms with Crippen LogP contribution in [0.1, 0.15) is 28.9 Å². The topological polar surface area (TPSA) is 84.4 Å². The Morgan fingerprint density at radius 1 is 1.71 bits per heavy atom. The number of likely N-dealkylation sites (tertiary alicyclic amines) is 1. The van der Waals surface area contributed by atoms with E-state index in [0.717, 1.165) is 31.5 Å². The average molecular weight is 238 g/mol. The second kappa shape index (κ2) is 4.85. The SMILES string of the molecule is Cn1cc(CN2CCCC(N)C2)c(C(=O)O)n1. The molecule has 0 aliphatic carbocycles. The maximum Gasteiger partial charge on any atom is 0.356 e. The highest BCUT2D eigenvalue weighted by atomic mass is 16.4. The Morgan fingerprint density at radius 3 is 3.12 bits per heavy atom. The lowest BCUT2D eigenvalue weighted by atomic mass is 10.1. The fraction of sp³-hybridized carbons (Fsp3) is 0.636. The molecule has 1 aliphatic heterocycles. The Labute approximate surface area is 100 Å². The Hall–Kier alpha value is -1.40. The summed E-state index contributed by atoms with van der Waals surface area (Å²) in [7, 11) is 1.73. The van der Waals surface area contributed by atoms with Gasteiger partial charge in [-0.25, -0.2) is 4.79 Å². The van der Waals surface area contributed by atoms with E-state index in [1.54, 1.807) is 17.9 Å². The third-order valence-corrected chi connectivity index (χ3v) is 3.04. The lowest BCUT2D eigenvalue weighted by Gasteiger charge is -2.30. The molecule has 3 N–H and O–H groups in total. The van der Waals surface area contributed by atoms with Crippen LogP contribution < -0.4 is 5.73 Å². The number of aromatic nitrogens is 2. The van der Waals surface area contributed by atoms with Crippen molar-refractivity contribution in [1.82, 2.24) is 14.7 Å². The van der Waals surface area contributed by atoms with Gasteiger partial charge in [0.25, 0.3) is 0 Å². The minimum Gasteiger partial charge on any atom is -0.476 e. The first-order valence-corrected chi connectivity index (χ1v) is 5.80. The van der Waals surface area contributed by atoms with Crippen LogP contribution in [-0.4, -0.2) is 44.9 Å². The van der Waals surface area contributed by atoms with Crippen molar-refractivity contribution in [2.45, 2.75) is 25.4 Å². The van der Waals surface area contributed by atoms with Crippen LogP contribution in [0.25, 0.3) is 0 Å². The molecule has 2 heterocycles. The molecule has 0 aromatic carbocycles. The van der Waals surface area contributed by atoms with Gasteiger partial charge >= 0.3 is 5.97 Å². The number of aromatic carboxylic acids is 1. The van der Waals surface area contributed by atoms with Crippen molar-refractivity contribution < 1.29 is 9.90 Å². The van der Waals surface area contributed by atoms with Gasteiger partial charge in [0.15, 0.2) is 5.69 Å². The molecule has 0 spiro atoms. The predicted molar refractivity (Wildman–Crippen MR) is 62.7 cm³/mol. The maximum atomic E-state index is 11.0. The van der Waals surface area contributed by atoms with Crippen LogP contribution in [-0.2, 0) is 13.6 Å². The molecule has 94 valence electrons. The minimum atomic E-state index is -0.970. The molecule has 1 unspecified atom stereocenters. The molecule has 0 bridgehead atoms. The third kappa shape index (κ3) is 2.83. The molecule has 6 heteroatoms. The number of carbonyl (C=O) groups is 1. The number of hydrogen-bond donors (Lipinski definition) is 2. The van der Waals surface area contributed by atoms with Gasteiger partial charge in [0.1, 0.15) is 0 Å². The molecule has 1 fully saturated rings. The smallest absolute Gasteiger partial charge is 0.356 e. The summed E-state index contributed by atoms with van der Waals surface area (Å²) in [6, 6.07) is 0.202. The summed E-state index contributed by atoms with van der Waals surface area (Å²) < 4.78 is 1.54. The standard InChI is InChI=1S/C11H18N4O2/c1-14-5-8(10(13-14)11(16)17)6-15-4-2-3-9(12)7-15/h5,9H,2-4,6-7,12H2,1H3,(H,16,17). The number of nitrogens with zero attached hydrogens (tertiary/aromatic N) is 3. The van der Waals surface area contributed by atoms with E-state index < -0.39 is 5.97 Å². The minimum absolute atomic E-state index is 0.145. The monoisotopic (exact) mass is 238 g/mol. The largest absolute Gasteiger partial charge is 0.476 e. The highest BCUT2D eigenvalue weighted by molar-refractivity contribution is 5.86. The molecule has 0 saturated carbocycles. The number of carboxylic acids is 1. The van der Waals surface area contributed by atoms with E-state index >= 15 is 0 Å².